The molecule has 3 heteroatoms. The van der Waals surface area contributed by atoms with Crippen molar-refractivity contribution in [2.24, 2.45) is 5.92 Å². The molecule has 20 heavy (non-hydrogen) atoms. The van der Waals surface area contributed by atoms with Crippen LogP contribution in [-0.4, -0.2) is 18.5 Å². The van der Waals surface area contributed by atoms with Gasteiger partial charge in [-0.3, -0.25) is 4.79 Å². The van der Waals surface area contributed by atoms with E-state index in [1.54, 1.807) is 0 Å². The summed E-state index contributed by atoms with van der Waals surface area (Å²) in [6, 6.07) is 7.52. The zero-order valence-electron chi connectivity index (χ0n) is 12.4. The number of hydrogen-bond donors (Lipinski definition) is 0. The molecule has 0 saturated heterocycles. The quantitative estimate of drug-likeness (QED) is 0.755. The summed E-state index contributed by atoms with van der Waals surface area (Å²) in [5.74, 6) is 2.05. The Bertz CT molecular complexity index is 442. The van der Waals surface area contributed by atoms with Crippen LogP contribution in [0, 0.1) is 5.92 Å². The molecular weight excluding hydrogens is 252 g/mol. The van der Waals surface area contributed by atoms with E-state index in [2.05, 4.69) is 13.8 Å². The topological polar surface area (TPSA) is 35.5 Å². The summed E-state index contributed by atoms with van der Waals surface area (Å²) in [5, 5.41) is 0. The van der Waals surface area contributed by atoms with Gasteiger partial charge in [0.15, 0.2) is 23.4 Å². The summed E-state index contributed by atoms with van der Waals surface area (Å²) < 4.78 is 11.4. The number of benzene rings is 1. The average Bonchev–Trinajstić information content (AvgIpc) is 2.50. The third-order valence-electron chi connectivity index (χ3n) is 3.90. The monoisotopic (exact) mass is 276 g/mol. The van der Waals surface area contributed by atoms with Crippen LogP contribution in [0.15, 0.2) is 24.3 Å². The molecule has 0 spiro atoms. The van der Waals surface area contributed by atoms with Gasteiger partial charge in [-0.1, -0.05) is 51.7 Å². The van der Waals surface area contributed by atoms with Crippen molar-refractivity contribution < 1.29 is 14.3 Å². The number of unbranched alkanes of at least 4 members (excludes halogenated alkanes) is 1. The highest BCUT2D eigenvalue weighted by Crippen LogP contribution is 2.31. The summed E-state index contributed by atoms with van der Waals surface area (Å²) in [4.78, 5) is 12.3. The highest BCUT2D eigenvalue weighted by molar-refractivity contribution is 5.84. The number of fused-ring (bicyclic) bond motifs is 1. The minimum Gasteiger partial charge on any atom is -0.485 e. The fourth-order valence-electron chi connectivity index (χ4n) is 2.54. The molecule has 2 rings (SSSR count). The summed E-state index contributed by atoms with van der Waals surface area (Å²) in [6.45, 7) is 4.67. The molecule has 0 N–H and O–H groups in total. The van der Waals surface area contributed by atoms with Gasteiger partial charge in [0.2, 0.25) is 0 Å². The van der Waals surface area contributed by atoms with E-state index >= 15 is 0 Å². The minimum atomic E-state index is -0.444. The molecule has 1 aromatic rings. The van der Waals surface area contributed by atoms with Crippen molar-refractivity contribution in [1.29, 1.82) is 0 Å². The largest absolute Gasteiger partial charge is 0.485 e. The lowest BCUT2D eigenvalue weighted by Crippen LogP contribution is -2.37. The minimum absolute atomic E-state index is 0.169. The molecule has 2 unspecified atom stereocenters. The van der Waals surface area contributed by atoms with Crippen molar-refractivity contribution >= 4 is 5.78 Å². The van der Waals surface area contributed by atoms with Gasteiger partial charge in [-0.25, -0.2) is 0 Å². The number of para-hydroxylation sites is 2. The fourth-order valence-corrected chi connectivity index (χ4v) is 2.54. The first-order valence-corrected chi connectivity index (χ1v) is 7.65. The first kappa shape index (κ1) is 14.9. The molecule has 0 fully saturated rings. The Morgan fingerprint density at radius 1 is 1.30 bits per heavy atom. The van der Waals surface area contributed by atoms with Gasteiger partial charge in [-0.2, -0.15) is 0 Å². The van der Waals surface area contributed by atoms with Crippen LogP contribution in [0.1, 0.15) is 46.0 Å². The van der Waals surface area contributed by atoms with E-state index < -0.39 is 6.10 Å². The van der Waals surface area contributed by atoms with Gasteiger partial charge in [0.1, 0.15) is 6.61 Å². The zero-order chi connectivity index (χ0) is 14.4. The molecule has 110 valence electrons. The van der Waals surface area contributed by atoms with Gasteiger partial charge in [-0.05, 0) is 18.1 Å². The van der Waals surface area contributed by atoms with Crippen LogP contribution in [0.2, 0.25) is 0 Å². The molecule has 0 saturated carbocycles. The molecule has 1 aliphatic rings. The summed E-state index contributed by atoms with van der Waals surface area (Å²) in [7, 11) is 0. The van der Waals surface area contributed by atoms with E-state index in [1.165, 1.54) is 12.8 Å². The van der Waals surface area contributed by atoms with Gasteiger partial charge < -0.3 is 9.47 Å². The average molecular weight is 276 g/mol. The molecule has 1 heterocycles. The molecule has 0 amide bonds. The van der Waals surface area contributed by atoms with Gasteiger partial charge >= 0.3 is 0 Å². The third kappa shape index (κ3) is 3.75. The molecule has 0 aromatic heterocycles. The summed E-state index contributed by atoms with van der Waals surface area (Å²) in [5.41, 5.74) is 0. The van der Waals surface area contributed by atoms with Crippen LogP contribution < -0.4 is 9.47 Å². The first-order chi connectivity index (χ1) is 9.74. The smallest absolute Gasteiger partial charge is 0.190 e. The molecule has 3 nitrogen and oxygen atoms in total. The van der Waals surface area contributed by atoms with Crippen LogP contribution >= 0.6 is 0 Å². The Balaban J connectivity index is 1.90. The highest BCUT2D eigenvalue weighted by atomic mass is 16.6. The van der Waals surface area contributed by atoms with Crippen LogP contribution in [0.4, 0.5) is 0 Å². The lowest BCUT2D eigenvalue weighted by atomic mass is 9.92. The van der Waals surface area contributed by atoms with Gasteiger partial charge in [-0.15, -0.1) is 0 Å². The van der Waals surface area contributed by atoms with Crippen molar-refractivity contribution in [2.45, 2.75) is 52.1 Å². The lowest BCUT2D eigenvalue weighted by Gasteiger charge is -2.26. The Kier molecular flexibility index (Phi) is 5.45. The van der Waals surface area contributed by atoms with Crippen LogP contribution in [0.25, 0.3) is 0 Å². The number of rotatable bonds is 7. The maximum Gasteiger partial charge on any atom is 0.190 e. The molecule has 0 aliphatic carbocycles. The lowest BCUT2D eigenvalue weighted by molar-refractivity contribution is -0.129. The van der Waals surface area contributed by atoms with E-state index in [0.717, 1.165) is 18.6 Å². The molecule has 2 atom stereocenters. The normalized spacial score (nSPS) is 18.6. The van der Waals surface area contributed by atoms with Gasteiger partial charge in [0.25, 0.3) is 0 Å². The standard InChI is InChI=1S/C17H24O3/c1-3-5-8-13(4-2)11-14(18)17-12-19-15-9-6-7-10-16(15)20-17/h6-7,9-10,13,17H,3-5,8,11-12H2,1-2H3. The van der Waals surface area contributed by atoms with Crippen LogP contribution in [0.5, 0.6) is 11.5 Å². The first-order valence-electron chi connectivity index (χ1n) is 7.65. The van der Waals surface area contributed by atoms with E-state index in [0.29, 0.717) is 24.7 Å². The second-order valence-electron chi connectivity index (χ2n) is 5.45. The van der Waals surface area contributed by atoms with E-state index in [-0.39, 0.29) is 5.78 Å². The maximum atomic E-state index is 12.3. The maximum absolute atomic E-state index is 12.3. The zero-order valence-corrected chi connectivity index (χ0v) is 12.4. The van der Waals surface area contributed by atoms with Crippen molar-refractivity contribution in [3.05, 3.63) is 24.3 Å². The highest BCUT2D eigenvalue weighted by Gasteiger charge is 2.28. The molecular formula is C17H24O3. The van der Waals surface area contributed by atoms with Crippen molar-refractivity contribution in [1.82, 2.24) is 0 Å². The SMILES string of the molecule is CCCCC(CC)CC(=O)C1COc2ccccc2O1. The van der Waals surface area contributed by atoms with Crippen LogP contribution in [0.3, 0.4) is 0 Å². The van der Waals surface area contributed by atoms with E-state index in [4.69, 9.17) is 9.47 Å². The Morgan fingerprint density at radius 3 is 2.75 bits per heavy atom. The molecule has 0 radical (unpaired) electrons. The van der Waals surface area contributed by atoms with Crippen molar-refractivity contribution in [3.63, 3.8) is 0 Å². The number of ketones is 1. The number of Topliss-reactive ketones (excluding diaryl/α,β-unsaturated/α-hetero) is 1. The number of carbonyl (C=O) groups is 1. The Hall–Kier alpha value is -1.51. The Labute approximate surface area is 121 Å². The molecule has 0 bridgehead atoms. The second kappa shape index (κ2) is 7.32. The van der Waals surface area contributed by atoms with E-state index in [1.807, 2.05) is 24.3 Å². The van der Waals surface area contributed by atoms with E-state index in [9.17, 15) is 4.79 Å². The van der Waals surface area contributed by atoms with Crippen molar-refractivity contribution in [3.8, 4) is 11.5 Å². The predicted molar refractivity (Wildman–Crippen MR) is 79.3 cm³/mol. The summed E-state index contributed by atoms with van der Waals surface area (Å²) in [6.07, 6.45) is 4.71. The summed E-state index contributed by atoms with van der Waals surface area (Å²) >= 11 is 0. The Morgan fingerprint density at radius 2 is 2.05 bits per heavy atom. The van der Waals surface area contributed by atoms with Crippen LogP contribution in [-0.2, 0) is 4.79 Å². The third-order valence-corrected chi connectivity index (χ3v) is 3.90. The number of hydrogen-bond acceptors (Lipinski definition) is 3. The molecule has 1 aromatic carbocycles. The number of ether oxygens (including phenoxy) is 2. The second-order valence-corrected chi connectivity index (χ2v) is 5.45. The van der Waals surface area contributed by atoms with Crippen molar-refractivity contribution in [2.75, 3.05) is 6.61 Å². The fraction of sp³-hybridized carbons (Fsp3) is 0.588. The number of carbonyl (C=O) groups excluding carboxylic acids is 1. The van der Waals surface area contributed by atoms with Gasteiger partial charge in [0.05, 0.1) is 0 Å². The predicted octanol–water partition coefficient (Wildman–Crippen LogP) is 4.00. The molecule has 1 aliphatic heterocycles. The van der Waals surface area contributed by atoms with Gasteiger partial charge in [0, 0.05) is 6.42 Å².